The van der Waals surface area contributed by atoms with Crippen LogP contribution in [0.5, 0.6) is 0 Å². The number of nitrogens with one attached hydrogen (secondary N) is 1. The molecule has 1 saturated heterocycles. The first-order valence-electron chi connectivity index (χ1n) is 9.93. The van der Waals surface area contributed by atoms with Crippen LogP contribution < -0.4 is 10.2 Å². The van der Waals surface area contributed by atoms with Gasteiger partial charge in [-0.1, -0.05) is 19.9 Å². The van der Waals surface area contributed by atoms with Gasteiger partial charge in [0.05, 0.1) is 17.8 Å². The molecule has 2 rings (SSSR count). The molecule has 27 heavy (non-hydrogen) atoms. The van der Waals surface area contributed by atoms with E-state index in [1.165, 1.54) is 6.92 Å². The Kier molecular flexibility index (Phi) is 8.10. The zero-order valence-corrected chi connectivity index (χ0v) is 16.7. The largest absolute Gasteiger partial charge is 0.481 e. The van der Waals surface area contributed by atoms with Crippen molar-refractivity contribution in [2.45, 2.75) is 64.8 Å². The summed E-state index contributed by atoms with van der Waals surface area (Å²) in [4.78, 5) is 25.4. The summed E-state index contributed by atoms with van der Waals surface area (Å²) in [6.45, 7) is 8.07. The highest BCUT2D eigenvalue weighted by molar-refractivity contribution is 5.93. The van der Waals surface area contributed by atoms with Crippen molar-refractivity contribution < 1.29 is 19.4 Å². The number of rotatable bonds is 9. The molecule has 1 aliphatic rings. The van der Waals surface area contributed by atoms with Gasteiger partial charge in [0, 0.05) is 32.7 Å². The molecule has 0 saturated carbocycles. The van der Waals surface area contributed by atoms with E-state index in [9.17, 15) is 14.7 Å². The molecule has 1 aliphatic heterocycles. The molecule has 1 aromatic carbocycles. The van der Waals surface area contributed by atoms with Gasteiger partial charge in [0.2, 0.25) is 5.91 Å². The summed E-state index contributed by atoms with van der Waals surface area (Å²) >= 11 is 0. The summed E-state index contributed by atoms with van der Waals surface area (Å²) in [5, 5.41) is 12.1. The molecule has 0 radical (unpaired) electrons. The number of hydrogen-bond acceptors (Lipinski definition) is 4. The van der Waals surface area contributed by atoms with Gasteiger partial charge in [0.15, 0.2) is 0 Å². The minimum absolute atomic E-state index is 0.0632. The van der Waals surface area contributed by atoms with E-state index in [-0.39, 0.29) is 18.2 Å². The van der Waals surface area contributed by atoms with Gasteiger partial charge in [0.1, 0.15) is 0 Å². The van der Waals surface area contributed by atoms with Crippen LogP contribution in [0.25, 0.3) is 0 Å². The van der Waals surface area contributed by atoms with Crippen molar-refractivity contribution in [2.24, 2.45) is 0 Å². The van der Waals surface area contributed by atoms with E-state index in [0.717, 1.165) is 62.4 Å². The topological polar surface area (TPSA) is 78.9 Å². The number of ether oxygens (including phenoxy) is 1. The Balaban J connectivity index is 2.40. The van der Waals surface area contributed by atoms with E-state index in [4.69, 9.17) is 4.74 Å². The molecule has 150 valence electrons. The third-order valence-corrected chi connectivity index (χ3v) is 5.12. The van der Waals surface area contributed by atoms with Crippen LogP contribution in [-0.4, -0.2) is 42.8 Å². The lowest BCUT2D eigenvalue weighted by atomic mass is 9.92. The van der Waals surface area contributed by atoms with Crippen LogP contribution in [0.2, 0.25) is 0 Å². The zero-order valence-electron chi connectivity index (χ0n) is 16.7. The Morgan fingerprint density at radius 3 is 2.56 bits per heavy atom. The fourth-order valence-corrected chi connectivity index (χ4v) is 3.79. The lowest BCUT2D eigenvalue weighted by Gasteiger charge is -2.37. The van der Waals surface area contributed by atoms with Crippen LogP contribution in [0.1, 0.15) is 64.4 Å². The average Bonchev–Trinajstić information content (AvgIpc) is 2.64. The van der Waals surface area contributed by atoms with Crippen LogP contribution in [0.4, 0.5) is 11.4 Å². The highest BCUT2D eigenvalue weighted by atomic mass is 16.5. The maximum atomic E-state index is 11.8. The predicted molar refractivity (Wildman–Crippen MR) is 108 cm³/mol. The highest BCUT2D eigenvalue weighted by Crippen LogP contribution is 2.35. The van der Waals surface area contributed by atoms with Gasteiger partial charge in [-0.25, -0.2) is 0 Å². The van der Waals surface area contributed by atoms with Gasteiger partial charge < -0.3 is 20.1 Å². The molecule has 1 heterocycles. The molecule has 6 heteroatoms. The van der Waals surface area contributed by atoms with Crippen molar-refractivity contribution in [3.8, 4) is 0 Å². The van der Waals surface area contributed by atoms with Crippen LogP contribution in [0, 0.1) is 0 Å². The fraction of sp³-hybridized carbons (Fsp3) is 0.619. The molecule has 1 atom stereocenters. The third-order valence-electron chi connectivity index (χ3n) is 5.12. The molecule has 0 bridgehead atoms. The second-order valence-electron chi connectivity index (χ2n) is 7.20. The summed E-state index contributed by atoms with van der Waals surface area (Å²) in [5.41, 5.74) is 2.73. The molecule has 6 nitrogen and oxygen atoms in total. The molecule has 0 aromatic heterocycles. The first kappa shape index (κ1) is 21.2. The van der Waals surface area contributed by atoms with Crippen LogP contribution >= 0.6 is 0 Å². The van der Waals surface area contributed by atoms with Crippen molar-refractivity contribution in [3.05, 3.63) is 23.8 Å². The summed E-state index contributed by atoms with van der Waals surface area (Å²) < 4.78 is 5.51. The Hall–Kier alpha value is -2.08. The number of anilines is 2. The van der Waals surface area contributed by atoms with Crippen molar-refractivity contribution in [1.29, 1.82) is 0 Å². The normalized spacial score (nSPS) is 16.0. The van der Waals surface area contributed by atoms with E-state index in [0.29, 0.717) is 6.04 Å². The van der Waals surface area contributed by atoms with Crippen LogP contribution in [0.15, 0.2) is 18.2 Å². The Morgan fingerprint density at radius 1 is 1.30 bits per heavy atom. The summed E-state index contributed by atoms with van der Waals surface area (Å²) in [5.74, 6) is -0.989. The quantitative estimate of drug-likeness (QED) is 0.681. The summed E-state index contributed by atoms with van der Waals surface area (Å²) in [6.07, 6.45) is 3.78. The molecule has 2 N–H and O–H groups in total. The van der Waals surface area contributed by atoms with E-state index in [1.54, 1.807) is 0 Å². The number of hydrogen-bond donors (Lipinski definition) is 2. The van der Waals surface area contributed by atoms with Crippen molar-refractivity contribution in [1.82, 2.24) is 0 Å². The number of carboxylic acids is 1. The van der Waals surface area contributed by atoms with E-state index in [1.807, 2.05) is 25.1 Å². The molecule has 0 aliphatic carbocycles. The lowest BCUT2D eigenvalue weighted by molar-refractivity contribution is -0.137. The van der Waals surface area contributed by atoms with Gasteiger partial charge in [-0.3, -0.25) is 9.59 Å². The van der Waals surface area contributed by atoms with Crippen molar-refractivity contribution in [3.63, 3.8) is 0 Å². The minimum atomic E-state index is -0.804. The first-order valence-corrected chi connectivity index (χ1v) is 9.93. The van der Waals surface area contributed by atoms with Crippen molar-refractivity contribution in [2.75, 3.05) is 30.0 Å². The molecule has 0 spiro atoms. The molecular formula is C21H32N2O4. The molecule has 1 amide bonds. The van der Waals surface area contributed by atoms with E-state index >= 15 is 0 Å². The maximum Gasteiger partial charge on any atom is 0.303 e. The van der Waals surface area contributed by atoms with Crippen molar-refractivity contribution >= 4 is 23.3 Å². The Bertz CT molecular complexity index is 641. The van der Waals surface area contributed by atoms with Crippen LogP contribution in [-0.2, 0) is 14.3 Å². The highest BCUT2D eigenvalue weighted by Gasteiger charge is 2.24. The molecule has 1 fully saturated rings. The number of nitrogens with zero attached hydrogens (tertiary/aromatic N) is 1. The zero-order chi connectivity index (χ0) is 19.8. The maximum absolute atomic E-state index is 11.8. The van der Waals surface area contributed by atoms with Gasteiger partial charge in [-0.2, -0.15) is 0 Å². The fourth-order valence-electron chi connectivity index (χ4n) is 3.79. The van der Waals surface area contributed by atoms with Gasteiger partial charge in [0.25, 0.3) is 0 Å². The molecular weight excluding hydrogens is 344 g/mol. The van der Waals surface area contributed by atoms with E-state index < -0.39 is 5.97 Å². The standard InChI is InChI=1S/C21H32N2O4/c1-4-10-23(18-8-11-27-12-9-18)20-7-6-17(13-19(20)22-15(3)24)16(5-2)14-21(25)26/h6-7,13,16,18H,4-5,8-12,14H2,1-3H3,(H,22,24)(H,25,26). The SMILES string of the molecule is CCCN(c1ccc(C(CC)CC(=O)O)cc1NC(C)=O)C1CCOCC1. The van der Waals surface area contributed by atoms with Crippen LogP contribution in [0.3, 0.4) is 0 Å². The Morgan fingerprint density at radius 2 is 2.00 bits per heavy atom. The first-order chi connectivity index (χ1) is 13.0. The smallest absolute Gasteiger partial charge is 0.303 e. The third kappa shape index (κ3) is 5.96. The number of carbonyl (C=O) groups excluding carboxylic acids is 1. The monoisotopic (exact) mass is 376 g/mol. The second kappa shape index (κ2) is 10.3. The molecule has 1 aromatic rings. The second-order valence-corrected chi connectivity index (χ2v) is 7.20. The number of amides is 1. The van der Waals surface area contributed by atoms with E-state index in [2.05, 4.69) is 17.1 Å². The summed E-state index contributed by atoms with van der Waals surface area (Å²) in [7, 11) is 0. The average molecular weight is 376 g/mol. The summed E-state index contributed by atoms with van der Waals surface area (Å²) in [6, 6.07) is 6.39. The minimum Gasteiger partial charge on any atom is -0.481 e. The predicted octanol–water partition coefficient (Wildman–Crippen LogP) is 4.01. The van der Waals surface area contributed by atoms with Gasteiger partial charge in [-0.15, -0.1) is 0 Å². The number of benzene rings is 1. The number of carboxylic acid groups (broad SMARTS) is 1. The van der Waals surface area contributed by atoms with Gasteiger partial charge in [-0.05, 0) is 49.3 Å². The van der Waals surface area contributed by atoms with Gasteiger partial charge >= 0.3 is 5.97 Å². The Labute approximate surface area is 161 Å². The number of aliphatic carboxylic acids is 1. The lowest BCUT2D eigenvalue weighted by Crippen LogP contribution is -2.40. The molecule has 1 unspecified atom stereocenters. The number of carbonyl (C=O) groups is 2.